The minimum absolute atomic E-state index is 0.160. The van der Waals surface area contributed by atoms with Crippen molar-refractivity contribution in [2.24, 2.45) is 23.7 Å². The largest absolute Gasteiger partial charge is 0.497 e. The van der Waals surface area contributed by atoms with E-state index in [4.69, 9.17) is 9.47 Å². The molecular formula is C18H22O3. The van der Waals surface area contributed by atoms with Crippen molar-refractivity contribution in [3.05, 3.63) is 29.8 Å². The summed E-state index contributed by atoms with van der Waals surface area (Å²) >= 11 is 0. The predicted octanol–water partition coefficient (Wildman–Crippen LogP) is 3.68. The van der Waals surface area contributed by atoms with Crippen molar-refractivity contribution in [3.8, 4) is 5.75 Å². The van der Waals surface area contributed by atoms with Crippen LogP contribution in [-0.4, -0.2) is 19.2 Å². The molecule has 0 aliphatic heterocycles. The molecule has 0 amide bonds. The molecule has 1 aromatic rings. The Bertz CT molecular complexity index is 506. The molecule has 5 rings (SSSR count). The molecule has 0 spiro atoms. The molecule has 0 N–H and O–H groups in total. The number of hydrogen-bond donors (Lipinski definition) is 0. The van der Waals surface area contributed by atoms with Gasteiger partial charge in [0.2, 0.25) is 0 Å². The normalized spacial score (nSPS) is 36.5. The summed E-state index contributed by atoms with van der Waals surface area (Å²) in [5, 5.41) is 0. The SMILES string of the molecule is COc1ccc(C(=O)OC2C3CC4CC(C3)CC2C4)cc1. The van der Waals surface area contributed by atoms with Crippen molar-refractivity contribution in [2.45, 2.75) is 38.2 Å². The Labute approximate surface area is 125 Å². The Morgan fingerprint density at radius 3 is 2.05 bits per heavy atom. The van der Waals surface area contributed by atoms with E-state index in [0.717, 1.165) is 17.6 Å². The summed E-state index contributed by atoms with van der Waals surface area (Å²) in [6.07, 6.45) is 6.67. The first kappa shape index (κ1) is 13.2. The Kier molecular flexibility index (Phi) is 3.16. The van der Waals surface area contributed by atoms with E-state index in [9.17, 15) is 4.79 Å². The van der Waals surface area contributed by atoms with Gasteiger partial charge in [-0.3, -0.25) is 0 Å². The lowest BCUT2D eigenvalue weighted by molar-refractivity contribution is -0.101. The van der Waals surface area contributed by atoms with Gasteiger partial charge in [0.25, 0.3) is 0 Å². The molecule has 0 unspecified atom stereocenters. The maximum absolute atomic E-state index is 12.4. The number of esters is 1. The van der Waals surface area contributed by atoms with Gasteiger partial charge in [-0.2, -0.15) is 0 Å². The van der Waals surface area contributed by atoms with Crippen LogP contribution in [0.1, 0.15) is 42.5 Å². The van der Waals surface area contributed by atoms with Crippen LogP contribution < -0.4 is 4.74 Å². The molecule has 0 radical (unpaired) electrons. The van der Waals surface area contributed by atoms with Crippen molar-refractivity contribution >= 4 is 5.97 Å². The van der Waals surface area contributed by atoms with Crippen LogP contribution in [-0.2, 0) is 4.74 Å². The van der Waals surface area contributed by atoms with E-state index in [1.54, 1.807) is 19.2 Å². The number of benzene rings is 1. The van der Waals surface area contributed by atoms with Crippen molar-refractivity contribution in [1.29, 1.82) is 0 Å². The van der Waals surface area contributed by atoms with Crippen molar-refractivity contribution in [1.82, 2.24) is 0 Å². The first-order valence-electron chi connectivity index (χ1n) is 8.08. The molecule has 112 valence electrons. The van der Waals surface area contributed by atoms with Gasteiger partial charge >= 0.3 is 5.97 Å². The monoisotopic (exact) mass is 286 g/mol. The van der Waals surface area contributed by atoms with Gasteiger partial charge in [0.15, 0.2) is 0 Å². The second kappa shape index (κ2) is 5.04. The van der Waals surface area contributed by atoms with E-state index >= 15 is 0 Å². The molecule has 3 nitrogen and oxygen atoms in total. The summed E-state index contributed by atoms with van der Waals surface area (Å²) in [6, 6.07) is 7.20. The average molecular weight is 286 g/mol. The van der Waals surface area contributed by atoms with Crippen molar-refractivity contribution < 1.29 is 14.3 Å². The molecule has 0 atom stereocenters. The fourth-order valence-electron chi connectivity index (χ4n) is 4.99. The lowest BCUT2D eigenvalue weighted by atomic mass is 9.55. The molecule has 4 bridgehead atoms. The topological polar surface area (TPSA) is 35.5 Å². The Morgan fingerprint density at radius 2 is 1.52 bits per heavy atom. The van der Waals surface area contributed by atoms with Gasteiger partial charge in [0, 0.05) is 0 Å². The van der Waals surface area contributed by atoms with Crippen LogP contribution in [0.5, 0.6) is 5.75 Å². The van der Waals surface area contributed by atoms with E-state index in [-0.39, 0.29) is 12.1 Å². The summed E-state index contributed by atoms with van der Waals surface area (Å²) < 4.78 is 11.0. The van der Waals surface area contributed by atoms with Crippen LogP contribution in [0.25, 0.3) is 0 Å². The lowest BCUT2D eigenvalue weighted by Crippen LogP contribution is -2.50. The fraction of sp³-hybridized carbons (Fsp3) is 0.611. The van der Waals surface area contributed by atoms with Gasteiger partial charge in [0.05, 0.1) is 12.7 Å². The molecule has 0 heterocycles. The second-order valence-electron chi connectivity index (χ2n) is 7.03. The van der Waals surface area contributed by atoms with Crippen molar-refractivity contribution in [3.63, 3.8) is 0 Å². The van der Waals surface area contributed by atoms with Gasteiger partial charge in [-0.25, -0.2) is 4.79 Å². The third kappa shape index (κ3) is 2.33. The number of methoxy groups -OCH3 is 1. The Morgan fingerprint density at radius 1 is 0.952 bits per heavy atom. The average Bonchev–Trinajstić information content (AvgIpc) is 2.50. The van der Waals surface area contributed by atoms with E-state index in [1.165, 1.54) is 32.1 Å². The summed E-state index contributed by atoms with van der Waals surface area (Å²) in [7, 11) is 1.63. The van der Waals surface area contributed by atoms with E-state index in [2.05, 4.69) is 0 Å². The van der Waals surface area contributed by atoms with Crippen LogP contribution in [0.4, 0.5) is 0 Å². The van der Waals surface area contributed by atoms with Crippen LogP contribution >= 0.6 is 0 Å². The molecule has 0 aromatic heterocycles. The third-order valence-electron chi connectivity index (χ3n) is 5.71. The number of rotatable bonds is 3. The standard InChI is InChI=1S/C18H22O3/c1-20-16-4-2-13(3-5-16)18(19)21-17-14-7-11-6-12(9-14)10-15(17)8-11/h2-5,11-12,14-15,17H,6-10H2,1H3. The highest BCUT2D eigenvalue weighted by Crippen LogP contribution is 2.54. The minimum Gasteiger partial charge on any atom is -0.497 e. The number of hydrogen-bond acceptors (Lipinski definition) is 3. The molecule has 4 fully saturated rings. The smallest absolute Gasteiger partial charge is 0.338 e. The van der Waals surface area contributed by atoms with Crippen LogP contribution in [0.2, 0.25) is 0 Å². The first-order valence-corrected chi connectivity index (χ1v) is 8.08. The Hall–Kier alpha value is -1.51. The molecule has 3 heteroatoms. The molecular weight excluding hydrogens is 264 g/mol. The van der Waals surface area contributed by atoms with Gasteiger partial charge < -0.3 is 9.47 Å². The maximum Gasteiger partial charge on any atom is 0.338 e. The van der Waals surface area contributed by atoms with Crippen LogP contribution in [0.15, 0.2) is 24.3 Å². The summed E-state index contributed by atoms with van der Waals surface area (Å²) in [6.45, 7) is 0. The number of carbonyl (C=O) groups is 1. The zero-order valence-corrected chi connectivity index (χ0v) is 12.5. The fourth-order valence-corrected chi connectivity index (χ4v) is 4.99. The van der Waals surface area contributed by atoms with Gasteiger partial charge in [-0.15, -0.1) is 0 Å². The summed E-state index contributed by atoms with van der Waals surface area (Å²) in [5.74, 6) is 3.63. The molecule has 4 aliphatic rings. The van der Waals surface area contributed by atoms with Crippen LogP contribution in [0, 0.1) is 23.7 Å². The van der Waals surface area contributed by atoms with Gasteiger partial charge in [0.1, 0.15) is 11.9 Å². The molecule has 0 saturated heterocycles. The summed E-state index contributed by atoms with van der Waals surface area (Å²) in [4.78, 5) is 12.4. The van der Waals surface area contributed by atoms with Gasteiger partial charge in [-0.05, 0) is 80.0 Å². The van der Waals surface area contributed by atoms with E-state index in [0.29, 0.717) is 17.4 Å². The summed E-state index contributed by atoms with van der Waals surface area (Å²) in [5.41, 5.74) is 0.629. The molecule has 4 aliphatic carbocycles. The highest BCUT2D eigenvalue weighted by molar-refractivity contribution is 5.89. The number of ether oxygens (including phenoxy) is 2. The van der Waals surface area contributed by atoms with Gasteiger partial charge in [-0.1, -0.05) is 0 Å². The third-order valence-corrected chi connectivity index (χ3v) is 5.71. The first-order chi connectivity index (χ1) is 10.2. The number of carbonyl (C=O) groups excluding carboxylic acids is 1. The van der Waals surface area contributed by atoms with Crippen molar-refractivity contribution in [2.75, 3.05) is 7.11 Å². The van der Waals surface area contributed by atoms with Crippen LogP contribution in [0.3, 0.4) is 0 Å². The predicted molar refractivity (Wildman–Crippen MR) is 79.2 cm³/mol. The highest BCUT2D eigenvalue weighted by atomic mass is 16.5. The zero-order valence-electron chi connectivity index (χ0n) is 12.5. The van der Waals surface area contributed by atoms with E-state index < -0.39 is 0 Å². The second-order valence-corrected chi connectivity index (χ2v) is 7.03. The minimum atomic E-state index is -0.171. The molecule has 21 heavy (non-hydrogen) atoms. The maximum atomic E-state index is 12.4. The highest BCUT2D eigenvalue weighted by Gasteiger charge is 2.49. The Balaban J connectivity index is 1.46. The van der Waals surface area contributed by atoms with E-state index in [1.807, 2.05) is 12.1 Å². The molecule has 4 saturated carbocycles. The quantitative estimate of drug-likeness (QED) is 0.795. The molecule has 1 aromatic carbocycles. The zero-order chi connectivity index (χ0) is 14.4. The lowest BCUT2D eigenvalue weighted by Gasteiger charge is -2.53.